The number of likely N-dealkylation sites (N-methyl/N-ethyl adjacent to an activating group) is 1. The molecule has 0 bridgehead atoms. The minimum absolute atomic E-state index is 0.0182. The zero-order valence-corrected chi connectivity index (χ0v) is 17.4. The fraction of sp³-hybridized carbons (Fsp3) is 0.300. The molecule has 0 aliphatic heterocycles. The Bertz CT molecular complexity index is 991. The monoisotopic (exact) mass is 421 g/mol. The molecule has 0 saturated carbocycles. The quantitative estimate of drug-likeness (QED) is 0.710. The Morgan fingerprint density at radius 1 is 1.03 bits per heavy atom. The molecule has 0 fully saturated rings. The summed E-state index contributed by atoms with van der Waals surface area (Å²) < 4.78 is 39.8. The molecule has 0 unspecified atom stereocenters. The Kier molecular flexibility index (Phi) is 7.46. The van der Waals surface area contributed by atoms with Crippen molar-refractivity contribution in [2.75, 3.05) is 32.0 Å². The van der Waals surface area contributed by atoms with Gasteiger partial charge in [-0.05, 0) is 36.4 Å². The number of carbonyl (C=O) groups excluding carboxylic acids is 2. The van der Waals surface area contributed by atoms with Crippen LogP contribution < -0.4 is 5.32 Å². The molecule has 9 heteroatoms. The van der Waals surface area contributed by atoms with E-state index in [0.717, 1.165) is 4.90 Å². The summed E-state index contributed by atoms with van der Waals surface area (Å²) in [6.45, 7) is 3.83. The Labute approximate surface area is 170 Å². The van der Waals surface area contributed by atoms with Gasteiger partial charge >= 0.3 is 0 Å². The van der Waals surface area contributed by atoms with Gasteiger partial charge in [0.25, 0.3) is 5.91 Å². The van der Waals surface area contributed by atoms with Crippen molar-refractivity contribution in [3.8, 4) is 0 Å². The number of hydrogen-bond acceptors (Lipinski definition) is 4. The minimum atomic E-state index is -3.70. The van der Waals surface area contributed by atoms with E-state index in [9.17, 15) is 22.4 Å². The summed E-state index contributed by atoms with van der Waals surface area (Å²) in [6.07, 6.45) is 0. The molecule has 2 rings (SSSR count). The second-order valence-electron chi connectivity index (χ2n) is 6.34. The highest BCUT2D eigenvalue weighted by Gasteiger charge is 2.23. The third kappa shape index (κ3) is 5.61. The van der Waals surface area contributed by atoms with Crippen LogP contribution in [0.1, 0.15) is 24.2 Å². The van der Waals surface area contributed by atoms with E-state index < -0.39 is 27.7 Å². The van der Waals surface area contributed by atoms with Crippen molar-refractivity contribution < 1.29 is 22.4 Å². The standard InChI is InChI=1S/C20H24FN3O4S/c1-4-24(5-2)29(27,28)18-11-6-8-15(12-18)20(26)23(3)14-19(25)22-17-10-7-9-16(21)13-17/h6-13H,4-5,14H2,1-3H3,(H,22,25). The van der Waals surface area contributed by atoms with E-state index in [4.69, 9.17) is 0 Å². The molecule has 2 amide bonds. The van der Waals surface area contributed by atoms with Gasteiger partial charge in [-0.3, -0.25) is 9.59 Å². The Morgan fingerprint density at radius 3 is 2.31 bits per heavy atom. The van der Waals surface area contributed by atoms with Crippen molar-refractivity contribution in [3.05, 3.63) is 59.9 Å². The predicted molar refractivity (Wildman–Crippen MR) is 109 cm³/mol. The Hall–Kier alpha value is -2.78. The van der Waals surface area contributed by atoms with Gasteiger partial charge in [-0.25, -0.2) is 12.8 Å². The van der Waals surface area contributed by atoms with Gasteiger partial charge < -0.3 is 10.2 Å². The van der Waals surface area contributed by atoms with Crippen LogP contribution in [0.3, 0.4) is 0 Å². The molecule has 7 nitrogen and oxygen atoms in total. The maximum Gasteiger partial charge on any atom is 0.254 e. The molecule has 0 saturated heterocycles. The van der Waals surface area contributed by atoms with Crippen LogP contribution in [0.15, 0.2) is 53.4 Å². The van der Waals surface area contributed by atoms with E-state index in [-0.39, 0.29) is 22.7 Å². The van der Waals surface area contributed by atoms with Gasteiger partial charge in [0.15, 0.2) is 0 Å². The highest BCUT2D eigenvalue weighted by molar-refractivity contribution is 7.89. The Balaban J connectivity index is 2.12. The number of nitrogens with zero attached hydrogens (tertiary/aromatic N) is 2. The lowest BCUT2D eigenvalue weighted by molar-refractivity contribution is -0.116. The summed E-state index contributed by atoms with van der Waals surface area (Å²) >= 11 is 0. The highest BCUT2D eigenvalue weighted by atomic mass is 32.2. The molecule has 0 aliphatic carbocycles. The topological polar surface area (TPSA) is 86.8 Å². The molecule has 0 aliphatic rings. The van der Waals surface area contributed by atoms with Gasteiger partial charge in [-0.2, -0.15) is 4.31 Å². The number of anilines is 1. The molecular formula is C20H24FN3O4S. The van der Waals surface area contributed by atoms with Gasteiger partial charge in [0, 0.05) is 31.4 Å². The van der Waals surface area contributed by atoms with Gasteiger partial charge in [-0.1, -0.05) is 26.0 Å². The van der Waals surface area contributed by atoms with Crippen molar-refractivity contribution in [2.45, 2.75) is 18.7 Å². The van der Waals surface area contributed by atoms with Crippen LogP contribution in [0.25, 0.3) is 0 Å². The lowest BCUT2D eigenvalue weighted by Gasteiger charge is -2.20. The molecular weight excluding hydrogens is 397 g/mol. The first-order valence-corrected chi connectivity index (χ1v) is 10.5. The van der Waals surface area contributed by atoms with Crippen LogP contribution in [-0.4, -0.2) is 56.1 Å². The summed E-state index contributed by atoms with van der Waals surface area (Å²) in [4.78, 5) is 26.0. The second-order valence-corrected chi connectivity index (χ2v) is 8.27. The maximum atomic E-state index is 13.2. The summed E-state index contributed by atoms with van der Waals surface area (Å²) in [6, 6.07) is 11.1. The summed E-state index contributed by atoms with van der Waals surface area (Å²) in [7, 11) is -2.27. The second kappa shape index (κ2) is 9.62. The SMILES string of the molecule is CCN(CC)S(=O)(=O)c1cccc(C(=O)N(C)CC(=O)Nc2cccc(F)c2)c1. The van der Waals surface area contributed by atoms with Gasteiger partial charge in [-0.15, -0.1) is 0 Å². The summed E-state index contributed by atoms with van der Waals surface area (Å²) in [5.74, 6) is -1.49. The fourth-order valence-electron chi connectivity index (χ4n) is 2.78. The largest absolute Gasteiger partial charge is 0.332 e. The van der Waals surface area contributed by atoms with Gasteiger partial charge in [0.1, 0.15) is 5.82 Å². The van der Waals surface area contributed by atoms with E-state index >= 15 is 0 Å². The normalized spacial score (nSPS) is 11.3. The van der Waals surface area contributed by atoms with E-state index in [1.165, 1.54) is 59.9 Å². The number of sulfonamides is 1. The zero-order chi connectivity index (χ0) is 21.6. The van der Waals surface area contributed by atoms with Gasteiger partial charge in [0.2, 0.25) is 15.9 Å². The zero-order valence-electron chi connectivity index (χ0n) is 16.6. The minimum Gasteiger partial charge on any atom is -0.332 e. The van der Waals surface area contributed by atoms with E-state index in [1.54, 1.807) is 13.8 Å². The first-order valence-electron chi connectivity index (χ1n) is 9.10. The van der Waals surface area contributed by atoms with Crippen LogP contribution in [0.2, 0.25) is 0 Å². The number of carbonyl (C=O) groups is 2. The van der Waals surface area contributed by atoms with Gasteiger partial charge in [0.05, 0.1) is 11.4 Å². The number of nitrogens with one attached hydrogen (secondary N) is 1. The molecule has 0 heterocycles. The van der Waals surface area contributed by atoms with Crippen molar-refractivity contribution in [1.82, 2.24) is 9.21 Å². The molecule has 2 aromatic carbocycles. The average Bonchev–Trinajstić information content (AvgIpc) is 2.68. The summed E-state index contributed by atoms with van der Waals surface area (Å²) in [5, 5.41) is 2.51. The molecule has 0 radical (unpaired) electrons. The van der Waals surface area contributed by atoms with Crippen molar-refractivity contribution in [1.29, 1.82) is 0 Å². The molecule has 2 aromatic rings. The number of halogens is 1. The fourth-order valence-corrected chi connectivity index (χ4v) is 4.28. The summed E-state index contributed by atoms with van der Waals surface area (Å²) in [5.41, 5.74) is 0.433. The third-order valence-corrected chi connectivity index (χ3v) is 6.31. The van der Waals surface area contributed by atoms with Crippen LogP contribution in [0.4, 0.5) is 10.1 Å². The first kappa shape index (κ1) is 22.5. The maximum absolute atomic E-state index is 13.2. The number of rotatable bonds is 8. The van der Waals surface area contributed by atoms with E-state index in [0.29, 0.717) is 13.1 Å². The van der Waals surface area contributed by atoms with Crippen molar-refractivity contribution in [2.24, 2.45) is 0 Å². The number of benzene rings is 2. The highest BCUT2D eigenvalue weighted by Crippen LogP contribution is 2.18. The van der Waals surface area contributed by atoms with E-state index in [2.05, 4.69) is 5.32 Å². The third-order valence-electron chi connectivity index (χ3n) is 4.26. The molecule has 156 valence electrons. The smallest absolute Gasteiger partial charge is 0.254 e. The molecule has 1 N–H and O–H groups in total. The predicted octanol–water partition coefficient (Wildman–Crippen LogP) is 2.57. The molecule has 0 atom stereocenters. The molecule has 0 spiro atoms. The number of hydrogen-bond donors (Lipinski definition) is 1. The lowest BCUT2D eigenvalue weighted by atomic mass is 10.2. The van der Waals surface area contributed by atoms with Crippen LogP contribution >= 0.6 is 0 Å². The molecule has 0 aromatic heterocycles. The molecule has 29 heavy (non-hydrogen) atoms. The Morgan fingerprint density at radius 2 is 1.69 bits per heavy atom. The van der Waals surface area contributed by atoms with Crippen molar-refractivity contribution in [3.63, 3.8) is 0 Å². The van der Waals surface area contributed by atoms with Crippen LogP contribution in [-0.2, 0) is 14.8 Å². The van der Waals surface area contributed by atoms with E-state index in [1.807, 2.05) is 0 Å². The average molecular weight is 421 g/mol. The lowest BCUT2D eigenvalue weighted by Crippen LogP contribution is -2.35. The van der Waals surface area contributed by atoms with Crippen LogP contribution in [0, 0.1) is 5.82 Å². The van der Waals surface area contributed by atoms with Crippen LogP contribution in [0.5, 0.6) is 0 Å². The number of amides is 2. The van der Waals surface area contributed by atoms with Crippen molar-refractivity contribution >= 4 is 27.5 Å². The first-order chi connectivity index (χ1) is 13.7.